The third-order valence-electron chi connectivity index (χ3n) is 10.5. The molecule has 1 saturated carbocycles. The SMILES string of the molecule is O=C(CCCCS(=O)(=O)O)N1CC2(CCN2C(=O)CC2CCC(OCCCC3CCN(C4NCC(Cl)CN4)CC3)CC2F)C1. The molecule has 0 bridgehead atoms. The van der Waals surface area contributed by atoms with Crippen LogP contribution in [0.25, 0.3) is 0 Å². The number of likely N-dealkylation sites (tertiary alicyclic amines) is 3. The fourth-order valence-electron chi connectivity index (χ4n) is 7.68. The molecule has 1 aliphatic carbocycles. The Morgan fingerprint density at radius 1 is 1.00 bits per heavy atom. The van der Waals surface area contributed by atoms with Crippen LogP contribution in [0, 0.1) is 11.8 Å². The van der Waals surface area contributed by atoms with Gasteiger partial charge in [-0.05, 0) is 69.6 Å². The highest BCUT2D eigenvalue weighted by Gasteiger charge is 2.56. The molecule has 4 aliphatic heterocycles. The molecule has 252 valence electrons. The first-order valence-corrected chi connectivity index (χ1v) is 18.7. The summed E-state index contributed by atoms with van der Waals surface area (Å²) in [6, 6.07) is 0. The van der Waals surface area contributed by atoms with Crippen molar-refractivity contribution in [3.8, 4) is 0 Å². The molecule has 0 radical (unpaired) electrons. The van der Waals surface area contributed by atoms with Gasteiger partial charge in [-0.25, -0.2) is 4.39 Å². The number of unbranched alkanes of at least 4 members (excludes halogenated alkanes) is 1. The van der Waals surface area contributed by atoms with E-state index in [1.165, 1.54) is 12.8 Å². The number of carbonyl (C=O) groups excluding carboxylic acids is 2. The molecule has 0 aromatic heterocycles. The fourth-order valence-corrected chi connectivity index (χ4v) is 8.43. The first kappa shape index (κ1) is 34.3. The van der Waals surface area contributed by atoms with Gasteiger partial charge in [-0.1, -0.05) is 0 Å². The number of piperidine rings is 1. The van der Waals surface area contributed by atoms with Crippen LogP contribution in [0.1, 0.15) is 77.0 Å². The minimum atomic E-state index is -4.01. The second kappa shape index (κ2) is 15.2. The second-order valence-corrected chi connectivity index (χ2v) is 15.9. The Hall–Kier alpha value is -1.09. The minimum absolute atomic E-state index is 0.0205. The molecule has 5 fully saturated rings. The summed E-state index contributed by atoms with van der Waals surface area (Å²) in [6.07, 6.45) is 7.29. The Bertz CT molecular complexity index is 1080. The molecule has 11 nitrogen and oxygen atoms in total. The molecule has 0 aromatic rings. The smallest absolute Gasteiger partial charge is 0.264 e. The number of amides is 2. The summed E-state index contributed by atoms with van der Waals surface area (Å²) in [5.74, 6) is -0.00208. The van der Waals surface area contributed by atoms with Gasteiger partial charge in [-0.15, -0.1) is 11.6 Å². The van der Waals surface area contributed by atoms with Gasteiger partial charge in [0.1, 0.15) is 12.5 Å². The van der Waals surface area contributed by atoms with E-state index in [-0.39, 0.29) is 66.1 Å². The lowest BCUT2D eigenvalue weighted by Crippen LogP contribution is -2.78. The number of hydrogen-bond donors (Lipinski definition) is 3. The normalized spacial score (nSPS) is 31.5. The van der Waals surface area contributed by atoms with E-state index >= 15 is 4.39 Å². The van der Waals surface area contributed by atoms with Gasteiger partial charge in [0, 0.05) is 71.7 Å². The Labute approximate surface area is 266 Å². The van der Waals surface area contributed by atoms with Crippen LogP contribution in [-0.4, -0.2) is 127 Å². The summed E-state index contributed by atoms with van der Waals surface area (Å²) < 4.78 is 51.7. The summed E-state index contributed by atoms with van der Waals surface area (Å²) in [7, 11) is -4.01. The third kappa shape index (κ3) is 9.04. The standard InChI is InChI=1S/C30H51ClFN5O6S/c31-24-18-33-29(34-19-24)35-11-8-22(9-12-35)4-3-14-43-25-7-6-23(26(32)17-25)16-28(39)37-13-10-30(37)20-36(21-30)27(38)5-1-2-15-44(40,41)42/h22-26,29,33-34H,1-21H2,(H,40,41,42). The van der Waals surface area contributed by atoms with Crippen molar-refractivity contribution in [2.24, 2.45) is 11.8 Å². The van der Waals surface area contributed by atoms with Crippen LogP contribution in [0.15, 0.2) is 0 Å². The van der Waals surface area contributed by atoms with Gasteiger partial charge in [0.25, 0.3) is 10.1 Å². The van der Waals surface area contributed by atoms with E-state index in [0.717, 1.165) is 51.9 Å². The van der Waals surface area contributed by atoms with Crippen LogP contribution in [-0.2, 0) is 24.4 Å². The quantitative estimate of drug-likeness (QED) is 0.154. The largest absolute Gasteiger partial charge is 0.378 e. The fraction of sp³-hybridized carbons (Fsp3) is 0.933. The van der Waals surface area contributed by atoms with Gasteiger partial charge in [0.15, 0.2) is 0 Å². The number of halogens is 2. The molecule has 3 unspecified atom stereocenters. The zero-order valence-electron chi connectivity index (χ0n) is 25.8. The van der Waals surface area contributed by atoms with Crippen molar-refractivity contribution in [2.75, 3.05) is 58.2 Å². The molecular formula is C30H51ClFN5O6S. The zero-order chi connectivity index (χ0) is 31.3. The lowest BCUT2D eigenvalue weighted by molar-refractivity contribution is -0.176. The highest BCUT2D eigenvalue weighted by atomic mass is 35.5. The number of nitrogens with zero attached hydrogens (tertiary/aromatic N) is 3. The lowest BCUT2D eigenvalue weighted by Gasteiger charge is -2.62. The summed E-state index contributed by atoms with van der Waals surface area (Å²) in [4.78, 5) is 31.6. The highest BCUT2D eigenvalue weighted by Crippen LogP contribution is 2.41. The maximum atomic E-state index is 15.2. The molecular weight excluding hydrogens is 613 g/mol. The van der Waals surface area contributed by atoms with Crippen molar-refractivity contribution in [3.05, 3.63) is 0 Å². The number of hydrogen-bond acceptors (Lipinski definition) is 8. The molecule has 44 heavy (non-hydrogen) atoms. The van der Waals surface area contributed by atoms with E-state index < -0.39 is 16.3 Å². The molecule has 3 N–H and O–H groups in total. The number of nitrogens with one attached hydrogen (secondary N) is 2. The number of rotatable bonds is 13. The van der Waals surface area contributed by atoms with Crippen molar-refractivity contribution in [1.29, 1.82) is 0 Å². The van der Waals surface area contributed by atoms with Gasteiger partial charge in [0.05, 0.1) is 22.8 Å². The predicted octanol–water partition coefficient (Wildman–Crippen LogP) is 2.35. The number of alkyl halides is 2. The van der Waals surface area contributed by atoms with E-state index in [1.807, 2.05) is 4.90 Å². The maximum absolute atomic E-state index is 15.2. The van der Waals surface area contributed by atoms with Crippen molar-refractivity contribution >= 4 is 33.5 Å². The van der Waals surface area contributed by atoms with Crippen LogP contribution in [0.3, 0.4) is 0 Å². The first-order valence-electron chi connectivity index (χ1n) is 16.7. The molecule has 14 heteroatoms. The van der Waals surface area contributed by atoms with Crippen LogP contribution >= 0.6 is 11.6 Å². The monoisotopic (exact) mass is 663 g/mol. The van der Waals surface area contributed by atoms with Gasteiger partial charge in [-0.2, -0.15) is 8.42 Å². The van der Waals surface area contributed by atoms with E-state index in [1.54, 1.807) is 4.90 Å². The molecule has 3 atom stereocenters. The molecule has 2 amide bonds. The molecule has 4 saturated heterocycles. The van der Waals surface area contributed by atoms with Gasteiger partial charge < -0.3 is 14.5 Å². The number of ether oxygens (including phenoxy) is 1. The van der Waals surface area contributed by atoms with Crippen LogP contribution < -0.4 is 10.6 Å². The Morgan fingerprint density at radius 3 is 2.36 bits per heavy atom. The van der Waals surface area contributed by atoms with E-state index in [4.69, 9.17) is 20.9 Å². The maximum Gasteiger partial charge on any atom is 0.264 e. The molecule has 1 spiro atoms. The first-order chi connectivity index (χ1) is 21.0. The highest BCUT2D eigenvalue weighted by molar-refractivity contribution is 7.85. The average molecular weight is 664 g/mol. The topological polar surface area (TPSA) is 132 Å². The minimum Gasteiger partial charge on any atom is -0.378 e. The zero-order valence-corrected chi connectivity index (χ0v) is 27.4. The van der Waals surface area contributed by atoms with Crippen molar-refractivity contribution in [1.82, 2.24) is 25.3 Å². The third-order valence-corrected chi connectivity index (χ3v) is 11.6. The molecule has 0 aromatic carbocycles. The predicted molar refractivity (Wildman–Crippen MR) is 165 cm³/mol. The number of carbonyl (C=O) groups is 2. The Balaban J connectivity index is 0.922. The van der Waals surface area contributed by atoms with Gasteiger partial charge in [0.2, 0.25) is 11.8 Å². The van der Waals surface area contributed by atoms with E-state index in [0.29, 0.717) is 51.4 Å². The van der Waals surface area contributed by atoms with Gasteiger partial charge >= 0.3 is 0 Å². The van der Waals surface area contributed by atoms with Crippen molar-refractivity contribution in [3.63, 3.8) is 0 Å². The van der Waals surface area contributed by atoms with Crippen molar-refractivity contribution in [2.45, 2.75) is 107 Å². The van der Waals surface area contributed by atoms with E-state index in [9.17, 15) is 18.0 Å². The van der Waals surface area contributed by atoms with Crippen molar-refractivity contribution < 1.29 is 31.7 Å². The summed E-state index contributed by atoms with van der Waals surface area (Å²) >= 11 is 6.16. The average Bonchev–Trinajstić information content (AvgIpc) is 2.94. The van der Waals surface area contributed by atoms with Crippen LogP contribution in [0.4, 0.5) is 4.39 Å². The summed E-state index contributed by atoms with van der Waals surface area (Å²) in [6.45, 7) is 6.10. The second-order valence-electron chi connectivity index (χ2n) is 13.7. The van der Waals surface area contributed by atoms with E-state index in [2.05, 4.69) is 15.5 Å². The van der Waals surface area contributed by atoms with Gasteiger partial charge in [-0.3, -0.25) is 29.7 Å². The summed E-state index contributed by atoms with van der Waals surface area (Å²) in [5.41, 5.74) is -0.318. The van der Waals surface area contributed by atoms with Crippen LogP contribution in [0.5, 0.6) is 0 Å². The molecule has 5 aliphatic rings. The molecule has 4 heterocycles. The Morgan fingerprint density at radius 2 is 1.73 bits per heavy atom. The lowest BCUT2D eigenvalue weighted by atomic mass is 9.76. The van der Waals surface area contributed by atoms with Crippen LogP contribution in [0.2, 0.25) is 0 Å². The molecule has 5 rings (SSSR count). The summed E-state index contributed by atoms with van der Waals surface area (Å²) in [5, 5.41) is 7.10. The Kier molecular flexibility index (Phi) is 11.8.